The molecule has 0 radical (unpaired) electrons. The molecular weight excluding hydrogens is 335 g/mol. The average molecular weight is 350 g/mol. The number of halogens is 1. The molecule has 2 aromatic rings. The number of hydrogen-bond acceptors (Lipinski definition) is 4. The summed E-state index contributed by atoms with van der Waals surface area (Å²) in [5.74, 6) is -0.614. The second-order valence-corrected chi connectivity index (χ2v) is 7.56. The summed E-state index contributed by atoms with van der Waals surface area (Å²) < 4.78 is 40.2. The molecule has 2 atom stereocenters. The lowest BCUT2D eigenvalue weighted by molar-refractivity contribution is -0.384. The number of hydrogen-bond donors (Lipinski definition) is 1. The summed E-state index contributed by atoms with van der Waals surface area (Å²) >= 11 is 0. The smallest absolute Gasteiger partial charge is 0.258 e. The predicted octanol–water partition coefficient (Wildman–Crippen LogP) is 2.71. The first-order chi connectivity index (χ1) is 11.3. The van der Waals surface area contributed by atoms with Crippen LogP contribution in [0.3, 0.4) is 0 Å². The summed E-state index contributed by atoms with van der Waals surface area (Å²) in [7, 11) is -3.57. The van der Waals surface area contributed by atoms with E-state index in [1.54, 1.807) is 12.1 Å². The van der Waals surface area contributed by atoms with Gasteiger partial charge in [0.15, 0.2) is 0 Å². The highest BCUT2D eigenvalue weighted by Crippen LogP contribution is 2.41. The van der Waals surface area contributed by atoms with Crippen molar-refractivity contribution in [2.75, 3.05) is 0 Å². The van der Waals surface area contributed by atoms with Crippen molar-refractivity contribution in [2.24, 2.45) is 0 Å². The summed E-state index contributed by atoms with van der Waals surface area (Å²) in [6.45, 7) is 0. The number of nitrogens with one attached hydrogen (secondary N) is 1. The van der Waals surface area contributed by atoms with Crippen molar-refractivity contribution in [3.8, 4) is 0 Å². The van der Waals surface area contributed by atoms with E-state index in [9.17, 15) is 22.9 Å². The Morgan fingerprint density at radius 2 is 1.92 bits per heavy atom. The fourth-order valence-corrected chi connectivity index (χ4v) is 4.07. The molecule has 0 heterocycles. The average Bonchev–Trinajstić information content (AvgIpc) is 3.25. The lowest BCUT2D eigenvalue weighted by Crippen LogP contribution is -2.28. The molecule has 0 spiro atoms. The lowest BCUT2D eigenvalue weighted by atomic mass is 10.1. The number of non-ortho nitro benzene ring substituents is 1. The Hall–Kier alpha value is -2.32. The zero-order valence-electron chi connectivity index (χ0n) is 12.6. The van der Waals surface area contributed by atoms with E-state index in [0.29, 0.717) is 12.0 Å². The molecule has 6 nitrogen and oxygen atoms in total. The fourth-order valence-electron chi connectivity index (χ4n) is 2.64. The molecule has 1 N–H and O–H groups in total. The van der Waals surface area contributed by atoms with Crippen LogP contribution >= 0.6 is 0 Å². The Balaban J connectivity index is 1.62. The van der Waals surface area contributed by atoms with Gasteiger partial charge in [0.05, 0.1) is 10.7 Å². The third kappa shape index (κ3) is 3.95. The fraction of sp³-hybridized carbons (Fsp3) is 0.250. The van der Waals surface area contributed by atoms with Crippen molar-refractivity contribution < 1.29 is 17.7 Å². The van der Waals surface area contributed by atoms with Gasteiger partial charge >= 0.3 is 0 Å². The van der Waals surface area contributed by atoms with Crippen LogP contribution in [-0.2, 0) is 15.8 Å². The van der Waals surface area contributed by atoms with Crippen LogP contribution in [0.1, 0.15) is 23.5 Å². The molecule has 0 bridgehead atoms. The monoisotopic (exact) mass is 350 g/mol. The van der Waals surface area contributed by atoms with E-state index in [1.165, 1.54) is 36.4 Å². The van der Waals surface area contributed by atoms with Crippen molar-refractivity contribution in [1.29, 1.82) is 0 Å². The van der Waals surface area contributed by atoms with E-state index in [0.717, 1.165) is 5.56 Å². The predicted molar refractivity (Wildman–Crippen MR) is 86.4 cm³/mol. The van der Waals surface area contributed by atoms with E-state index < -0.39 is 14.9 Å². The minimum Gasteiger partial charge on any atom is -0.258 e. The SMILES string of the molecule is O=[N+]([O-])c1ccc(CS(=O)(=O)NC2CC2c2cccc(F)c2)cc1. The third-order valence-electron chi connectivity index (χ3n) is 3.90. The Labute approximate surface area is 138 Å². The molecule has 126 valence electrons. The molecule has 1 saturated carbocycles. The van der Waals surface area contributed by atoms with Gasteiger partial charge in [0, 0.05) is 24.1 Å². The van der Waals surface area contributed by atoms with E-state index in [-0.39, 0.29) is 29.2 Å². The van der Waals surface area contributed by atoms with Crippen LogP contribution in [0.4, 0.5) is 10.1 Å². The third-order valence-corrected chi connectivity index (χ3v) is 5.28. The first-order valence-electron chi connectivity index (χ1n) is 7.33. The second kappa shape index (κ2) is 6.29. The van der Waals surface area contributed by atoms with Crippen LogP contribution in [0.5, 0.6) is 0 Å². The Morgan fingerprint density at radius 3 is 2.54 bits per heavy atom. The number of sulfonamides is 1. The summed E-state index contributed by atoms with van der Waals surface area (Å²) in [5.41, 5.74) is 1.16. The summed E-state index contributed by atoms with van der Waals surface area (Å²) in [6.07, 6.45) is 0.628. The molecule has 0 amide bonds. The van der Waals surface area contributed by atoms with Gasteiger partial charge in [-0.1, -0.05) is 24.3 Å². The van der Waals surface area contributed by atoms with Crippen molar-refractivity contribution in [3.05, 3.63) is 75.6 Å². The summed E-state index contributed by atoms with van der Waals surface area (Å²) in [5, 5.41) is 10.6. The molecule has 0 aliphatic heterocycles. The molecule has 1 aliphatic rings. The maximum Gasteiger partial charge on any atom is 0.269 e. The maximum atomic E-state index is 13.2. The largest absolute Gasteiger partial charge is 0.269 e. The van der Waals surface area contributed by atoms with Gasteiger partial charge in [0.1, 0.15) is 5.82 Å². The molecule has 8 heteroatoms. The molecule has 1 aliphatic carbocycles. The zero-order chi connectivity index (χ0) is 17.3. The molecule has 3 rings (SSSR count). The van der Waals surface area contributed by atoms with Crippen LogP contribution in [0.15, 0.2) is 48.5 Å². The maximum absolute atomic E-state index is 13.2. The van der Waals surface area contributed by atoms with E-state index >= 15 is 0 Å². The molecule has 0 aromatic heterocycles. The lowest BCUT2D eigenvalue weighted by Gasteiger charge is -2.07. The van der Waals surface area contributed by atoms with Gasteiger partial charge in [-0.15, -0.1) is 0 Å². The number of nitrogens with zero attached hydrogens (tertiary/aromatic N) is 1. The number of benzene rings is 2. The summed E-state index contributed by atoms with van der Waals surface area (Å²) in [4.78, 5) is 10.1. The first kappa shape index (κ1) is 16.5. The minimum atomic E-state index is -3.57. The van der Waals surface area contributed by atoms with Gasteiger partial charge in [-0.3, -0.25) is 10.1 Å². The van der Waals surface area contributed by atoms with E-state index in [1.807, 2.05) is 0 Å². The Kier molecular flexibility index (Phi) is 4.33. The highest BCUT2D eigenvalue weighted by Gasteiger charge is 2.41. The second-order valence-electron chi connectivity index (χ2n) is 5.80. The minimum absolute atomic E-state index is 0.0210. The van der Waals surface area contributed by atoms with E-state index in [4.69, 9.17) is 0 Å². The topological polar surface area (TPSA) is 89.3 Å². The van der Waals surface area contributed by atoms with Gasteiger partial charge < -0.3 is 0 Å². The normalized spacial score (nSPS) is 19.9. The highest BCUT2D eigenvalue weighted by molar-refractivity contribution is 7.88. The van der Waals surface area contributed by atoms with Crippen molar-refractivity contribution in [2.45, 2.75) is 24.1 Å². The molecular formula is C16H15FN2O4S. The molecule has 2 aromatic carbocycles. The van der Waals surface area contributed by atoms with Gasteiger partial charge in [0.25, 0.3) is 5.69 Å². The quantitative estimate of drug-likeness (QED) is 0.641. The first-order valence-corrected chi connectivity index (χ1v) is 8.98. The van der Waals surface area contributed by atoms with Crippen LogP contribution in [-0.4, -0.2) is 19.4 Å². The van der Waals surface area contributed by atoms with Gasteiger partial charge in [-0.2, -0.15) is 0 Å². The number of rotatable bonds is 6. The standard InChI is InChI=1S/C16H15FN2O4S/c17-13-3-1-2-12(8-13)15-9-16(15)18-24(22,23)10-11-4-6-14(7-5-11)19(20)21/h1-8,15-16,18H,9-10H2. The van der Waals surface area contributed by atoms with Crippen molar-refractivity contribution in [1.82, 2.24) is 4.72 Å². The van der Waals surface area contributed by atoms with Crippen LogP contribution < -0.4 is 4.72 Å². The Morgan fingerprint density at radius 1 is 1.21 bits per heavy atom. The zero-order valence-corrected chi connectivity index (χ0v) is 13.4. The van der Waals surface area contributed by atoms with Gasteiger partial charge in [-0.25, -0.2) is 17.5 Å². The van der Waals surface area contributed by atoms with Crippen molar-refractivity contribution >= 4 is 15.7 Å². The molecule has 1 fully saturated rings. The van der Waals surface area contributed by atoms with Crippen LogP contribution in [0, 0.1) is 15.9 Å². The highest BCUT2D eigenvalue weighted by atomic mass is 32.2. The van der Waals surface area contributed by atoms with Crippen molar-refractivity contribution in [3.63, 3.8) is 0 Å². The number of nitro benzene ring substituents is 1. The number of nitro groups is 1. The van der Waals surface area contributed by atoms with Crippen LogP contribution in [0.25, 0.3) is 0 Å². The molecule has 2 unspecified atom stereocenters. The molecule has 24 heavy (non-hydrogen) atoms. The molecule has 0 saturated heterocycles. The van der Waals surface area contributed by atoms with E-state index in [2.05, 4.69) is 4.72 Å². The van der Waals surface area contributed by atoms with Crippen LogP contribution in [0.2, 0.25) is 0 Å². The van der Waals surface area contributed by atoms with Gasteiger partial charge in [0.2, 0.25) is 10.0 Å². The summed E-state index contributed by atoms with van der Waals surface area (Å²) in [6, 6.07) is 11.3. The Bertz CT molecular complexity index is 868. The van der Waals surface area contributed by atoms with Gasteiger partial charge in [-0.05, 0) is 29.7 Å².